The molecule has 1 aliphatic heterocycles. The number of methoxy groups -OCH3 is 3. The maximum atomic E-state index is 13.5. The second-order valence-corrected chi connectivity index (χ2v) is 9.19. The smallest absolute Gasteiger partial charge is 0.318 e. The Morgan fingerprint density at radius 1 is 0.971 bits per heavy atom. The second kappa shape index (κ2) is 10.9. The molecular formula is C27H35N3O5. The van der Waals surface area contributed by atoms with Gasteiger partial charge in [-0.15, -0.1) is 0 Å². The molecule has 1 fully saturated rings. The molecule has 2 aliphatic rings. The number of rotatable bonds is 7. The highest BCUT2D eigenvalue weighted by Gasteiger charge is 2.34. The lowest BCUT2D eigenvalue weighted by Crippen LogP contribution is -2.53. The van der Waals surface area contributed by atoms with Gasteiger partial charge in [-0.25, -0.2) is 4.79 Å². The first kappa shape index (κ1) is 24.7. The van der Waals surface area contributed by atoms with Gasteiger partial charge < -0.3 is 29.7 Å². The number of nitrogens with one attached hydrogen (secondary N) is 2. The Morgan fingerprint density at radius 3 is 2.26 bits per heavy atom. The van der Waals surface area contributed by atoms with Crippen molar-refractivity contribution in [3.05, 3.63) is 53.1 Å². The van der Waals surface area contributed by atoms with Crippen LogP contribution in [-0.2, 0) is 11.2 Å². The lowest BCUT2D eigenvalue weighted by molar-refractivity contribution is -0.123. The van der Waals surface area contributed by atoms with Crippen molar-refractivity contribution in [1.82, 2.24) is 15.5 Å². The van der Waals surface area contributed by atoms with Gasteiger partial charge in [-0.05, 0) is 67.1 Å². The lowest BCUT2D eigenvalue weighted by Gasteiger charge is -2.38. The van der Waals surface area contributed by atoms with Crippen molar-refractivity contribution in [3.63, 3.8) is 0 Å². The zero-order valence-electron chi connectivity index (χ0n) is 20.9. The second-order valence-electron chi connectivity index (χ2n) is 9.19. The molecule has 3 amide bonds. The minimum absolute atomic E-state index is 0.143. The number of hydrogen-bond acceptors (Lipinski definition) is 5. The Bertz CT molecular complexity index is 1050. The lowest BCUT2D eigenvalue weighted by atomic mass is 9.87. The minimum Gasteiger partial charge on any atom is -0.497 e. The van der Waals surface area contributed by atoms with Crippen LogP contribution in [0.4, 0.5) is 4.79 Å². The van der Waals surface area contributed by atoms with Crippen molar-refractivity contribution in [2.45, 2.75) is 57.2 Å². The van der Waals surface area contributed by atoms with Crippen LogP contribution in [-0.4, -0.2) is 56.8 Å². The first-order valence-corrected chi connectivity index (χ1v) is 12.2. The highest BCUT2D eigenvalue weighted by atomic mass is 16.5. The Hall–Kier alpha value is -3.42. The number of benzene rings is 2. The molecular weight excluding hydrogens is 446 g/mol. The van der Waals surface area contributed by atoms with Crippen LogP contribution >= 0.6 is 0 Å². The van der Waals surface area contributed by atoms with Gasteiger partial charge in [0.2, 0.25) is 5.91 Å². The third-order valence-corrected chi connectivity index (χ3v) is 7.00. The van der Waals surface area contributed by atoms with Crippen molar-refractivity contribution >= 4 is 11.9 Å². The summed E-state index contributed by atoms with van der Waals surface area (Å²) in [6.07, 6.45) is 4.94. The van der Waals surface area contributed by atoms with Crippen molar-refractivity contribution in [2.75, 3.05) is 27.9 Å². The molecule has 4 rings (SSSR count). The molecule has 1 saturated carbocycles. The molecule has 0 radical (unpaired) electrons. The molecule has 0 saturated heterocycles. The van der Waals surface area contributed by atoms with Crippen molar-refractivity contribution < 1.29 is 23.8 Å². The Kier molecular flexibility index (Phi) is 7.68. The van der Waals surface area contributed by atoms with Crippen LogP contribution in [0.5, 0.6) is 17.2 Å². The minimum atomic E-state index is -0.633. The number of carbonyl (C=O) groups is 2. The van der Waals surface area contributed by atoms with Crippen LogP contribution < -0.4 is 24.8 Å². The topological polar surface area (TPSA) is 89.1 Å². The van der Waals surface area contributed by atoms with Crippen LogP contribution in [0.2, 0.25) is 0 Å². The van der Waals surface area contributed by atoms with Crippen molar-refractivity contribution in [3.8, 4) is 17.2 Å². The molecule has 8 heteroatoms. The van der Waals surface area contributed by atoms with E-state index in [0.717, 1.165) is 48.1 Å². The maximum Gasteiger partial charge on any atom is 0.318 e. The van der Waals surface area contributed by atoms with Gasteiger partial charge in [-0.1, -0.05) is 25.0 Å². The van der Waals surface area contributed by atoms with Crippen LogP contribution in [0, 0.1) is 0 Å². The average Bonchev–Trinajstić information content (AvgIpc) is 3.40. The van der Waals surface area contributed by atoms with E-state index in [1.54, 1.807) is 33.2 Å². The number of ether oxygens (including phenoxy) is 3. The number of hydrogen-bond donors (Lipinski definition) is 2. The molecule has 2 aromatic rings. The van der Waals surface area contributed by atoms with E-state index in [-0.39, 0.29) is 24.0 Å². The van der Waals surface area contributed by atoms with Crippen molar-refractivity contribution in [1.29, 1.82) is 0 Å². The number of carbonyl (C=O) groups excluding carboxylic acids is 2. The largest absolute Gasteiger partial charge is 0.497 e. The predicted molar refractivity (Wildman–Crippen MR) is 133 cm³/mol. The third kappa shape index (κ3) is 5.31. The van der Waals surface area contributed by atoms with Gasteiger partial charge in [0.15, 0.2) is 11.5 Å². The highest BCUT2D eigenvalue weighted by Crippen LogP contribution is 2.41. The highest BCUT2D eigenvalue weighted by molar-refractivity contribution is 5.87. The van der Waals surface area contributed by atoms with Crippen LogP contribution in [0.15, 0.2) is 36.4 Å². The van der Waals surface area contributed by atoms with Gasteiger partial charge in [0, 0.05) is 12.6 Å². The quantitative estimate of drug-likeness (QED) is 0.628. The number of amides is 3. The Morgan fingerprint density at radius 2 is 1.63 bits per heavy atom. The van der Waals surface area contributed by atoms with E-state index >= 15 is 0 Å². The summed E-state index contributed by atoms with van der Waals surface area (Å²) < 4.78 is 16.4. The van der Waals surface area contributed by atoms with Gasteiger partial charge in [0.05, 0.1) is 27.4 Å². The first-order valence-electron chi connectivity index (χ1n) is 12.2. The molecule has 0 spiro atoms. The summed E-state index contributed by atoms with van der Waals surface area (Å²) in [5.41, 5.74) is 3.01. The molecule has 188 valence electrons. The zero-order chi connectivity index (χ0) is 24.9. The fourth-order valence-corrected chi connectivity index (χ4v) is 5.04. The van der Waals surface area contributed by atoms with Crippen LogP contribution in [0.25, 0.3) is 0 Å². The van der Waals surface area contributed by atoms with Crippen LogP contribution in [0.3, 0.4) is 0 Å². The fraction of sp³-hybridized carbons (Fsp3) is 0.481. The summed E-state index contributed by atoms with van der Waals surface area (Å²) in [4.78, 5) is 28.0. The molecule has 0 bridgehead atoms. The number of nitrogens with zero attached hydrogens (tertiary/aromatic N) is 1. The molecule has 1 heterocycles. The normalized spacial score (nSPS) is 18.4. The monoisotopic (exact) mass is 481 g/mol. The maximum absolute atomic E-state index is 13.5. The van der Waals surface area contributed by atoms with E-state index in [2.05, 4.69) is 10.6 Å². The van der Waals surface area contributed by atoms with E-state index in [4.69, 9.17) is 14.2 Å². The van der Waals surface area contributed by atoms with Gasteiger partial charge in [0.1, 0.15) is 11.8 Å². The van der Waals surface area contributed by atoms with Gasteiger partial charge in [0.25, 0.3) is 0 Å². The van der Waals surface area contributed by atoms with Gasteiger partial charge >= 0.3 is 6.03 Å². The van der Waals surface area contributed by atoms with Gasteiger partial charge in [-0.3, -0.25) is 4.79 Å². The molecule has 2 N–H and O–H groups in total. The summed E-state index contributed by atoms with van der Waals surface area (Å²) in [6, 6.07) is 10.6. The Labute approximate surface area is 206 Å². The van der Waals surface area contributed by atoms with Crippen LogP contribution in [0.1, 0.15) is 55.3 Å². The van der Waals surface area contributed by atoms with E-state index in [9.17, 15) is 9.59 Å². The molecule has 0 aromatic heterocycles. The summed E-state index contributed by atoms with van der Waals surface area (Å²) in [5.74, 6) is 1.87. The zero-order valence-corrected chi connectivity index (χ0v) is 20.9. The fourth-order valence-electron chi connectivity index (χ4n) is 5.04. The summed E-state index contributed by atoms with van der Waals surface area (Å²) in [5, 5.41) is 5.99. The molecule has 8 nitrogen and oxygen atoms in total. The number of urea groups is 1. The Balaban J connectivity index is 1.62. The van der Waals surface area contributed by atoms with E-state index in [1.165, 1.54) is 0 Å². The van der Waals surface area contributed by atoms with Crippen molar-refractivity contribution in [2.24, 2.45) is 0 Å². The number of fused-ring (bicyclic) bond motifs is 1. The van der Waals surface area contributed by atoms with Gasteiger partial charge in [-0.2, -0.15) is 0 Å². The summed E-state index contributed by atoms with van der Waals surface area (Å²) in [7, 11) is 4.84. The SMILES string of the molecule is COc1ccc(C2c3cc(OC)c(OC)cc3CCN2C(=O)N[C@@H](C)C(=O)NC2CCCC2)cc1. The predicted octanol–water partition coefficient (Wildman–Crippen LogP) is 3.82. The molecule has 2 atom stereocenters. The molecule has 35 heavy (non-hydrogen) atoms. The van der Waals surface area contributed by atoms with E-state index in [1.807, 2.05) is 36.4 Å². The average molecular weight is 482 g/mol. The molecule has 1 aliphatic carbocycles. The molecule has 2 aromatic carbocycles. The first-order chi connectivity index (χ1) is 16.9. The van der Waals surface area contributed by atoms with E-state index < -0.39 is 6.04 Å². The standard InChI is InChI=1S/C27H35N3O5/c1-17(26(31)29-20-7-5-6-8-20)28-27(32)30-14-13-19-15-23(34-3)24(35-4)16-22(19)25(30)18-9-11-21(33-2)12-10-18/h9-12,15-17,20,25H,5-8,13-14H2,1-4H3,(H,28,32)(H,29,31)/t17-,25?/m0/s1. The summed E-state index contributed by atoms with van der Waals surface area (Å²) >= 11 is 0. The third-order valence-electron chi connectivity index (χ3n) is 7.00. The van der Waals surface area contributed by atoms with E-state index in [0.29, 0.717) is 24.5 Å². The molecule has 1 unspecified atom stereocenters. The summed E-state index contributed by atoms with van der Waals surface area (Å²) in [6.45, 7) is 2.23.